The van der Waals surface area contributed by atoms with Crippen molar-refractivity contribution in [3.63, 3.8) is 0 Å². The predicted molar refractivity (Wildman–Crippen MR) is 80.9 cm³/mol. The van der Waals surface area contributed by atoms with Crippen LogP contribution in [0.4, 0.5) is 5.69 Å². The van der Waals surface area contributed by atoms with Crippen molar-refractivity contribution in [2.75, 3.05) is 19.0 Å². The largest absolute Gasteiger partial charge is 0.481 e. The Kier molecular flexibility index (Phi) is 4.19. The molecule has 3 nitrogen and oxygen atoms in total. The summed E-state index contributed by atoms with van der Waals surface area (Å²) in [5.41, 5.74) is 1.28. The van der Waals surface area contributed by atoms with Crippen molar-refractivity contribution < 1.29 is 9.90 Å². The van der Waals surface area contributed by atoms with Crippen LogP contribution in [0.2, 0.25) is 0 Å². The number of nitrogens with zero attached hydrogens (tertiary/aromatic N) is 1. The van der Waals surface area contributed by atoms with E-state index in [-0.39, 0.29) is 0 Å². The minimum atomic E-state index is -0.691. The molecule has 4 heteroatoms. The third-order valence-electron chi connectivity index (χ3n) is 4.10. The Labute approximate surface area is 122 Å². The first-order valence-electron chi connectivity index (χ1n) is 6.68. The molecule has 1 fully saturated rings. The molecule has 0 heterocycles. The van der Waals surface area contributed by atoms with Gasteiger partial charge >= 0.3 is 5.97 Å². The lowest BCUT2D eigenvalue weighted by atomic mass is 9.69. The van der Waals surface area contributed by atoms with Crippen LogP contribution in [-0.4, -0.2) is 25.2 Å². The van der Waals surface area contributed by atoms with E-state index in [1.807, 2.05) is 37.2 Å². The summed E-state index contributed by atoms with van der Waals surface area (Å²) in [6, 6.07) is 5.93. The predicted octanol–water partition coefficient (Wildman–Crippen LogP) is 3.80. The lowest BCUT2D eigenvalue weighted by Gasteiger charge is -2.34. The average molecular weight is 326 g/mol. The van der Waals surface area contributed by atoms with Gasteiger partial charge < -0.3 is 10.0 Å². The number of aliphatic carboxylic acids is 1. The zero-order valence-corrected chi connectivity index (χ0v) is 13.0. The third kappa shape index (κ3) is 2.64. The van der Waals surface area contributed by atoms with E-state index in [1.54, 1.807) is 0 Å². The van der Waals surface area contributed by atoms with Crippen LogP contribution in [0.3, 0.4) is 0 Å². The number of anilines is 1. The van der Waals surface area contributed by atoms with Crippen LogP contribution in [0, 0.1) is 0 Å². The molecule has 104 valence electrons. The van der Waals surface area contributed by atoms with E-state index < -0.39 is 11.4 Å². The van der Waals surface area contributed by atoms with E-state index in [2.05, 4.69) is 15.9 Å². The van der Waals surface area contributed by atoms with Gasteiger partial charge in [0.15, 0.2) is 0 Å². The van der Waals surface area contributed by atoms with Gasteiger partial charge in [-0.2, -0.15) is 0 Å². The number of carboxylic acid groups (broad SMARTS) is 1. The van der Waals surface area contributed by atoms with Gasteiger partial charge in [-0.05, 0) is 46.5 Å². The van der Waals surface area contributed by atoms with E-state index in [0.29, 0.717) is 0 Å². The molecule has 0 aliphatic heterocycles. The van der Waals surface area contributed by atoms with Crippen molar-refractivity contribution in [2.24, 2.45) is 0 Å². The maximum Gasteiger partial charge on any atom is 0.314 e. The summed E-state index contributed by atoms with van der Waals surface area (Å²) < 4.78 is 0.998. The van der Waals surface area contributed by atoms with Crippen LogP contribution in [0.1, 0.15) is 37.7 Å². The van der Waals surface area contributed by atoms with Gasteiger partial charge in [0.2, 0.25) is 0 Å². The monoisotopic (exact) mass is 325 g/mol. The Morgan fingerprint density at radius 1 is 1.26 bits per heavy atom. The Hall–Kier alpha value is -1.03. The molecule has 0 radical (unpaired) electrons. The van der Waals surface area contributed by atoms with E-state index in [0.717, 1.165) is 47.8 Å². The van der Waals surface area contributed by atoms with Crippen LogP contribution in [0.15, 0.2) is 22.7 Å². The Morgan fingerprint density at radius 2 is 1.89 bits per heavy atom. The molecular formula is C15H20BrNO2. The highest BCUT2D eigenvalue weighted by molar-refractivity contribution is 9.10. The molecular weight excluding hydrogens is 306 g/mol. The summed E-state index contributed by atoms with van der Waals surface area (Å²) in [5, 5.41) is 9.72. The Bertz CT molecular complexity index is 479. The van der Waals surface area contributed by atoms with Crippen molar-refractivity contribution in [1.82, 2.24) is 0 Å². The number of hydrogen-bond acceptors (Lipinski definition) is 2. The molecule has 0 unspecified atom stereocenters. The number of carboxylic acids is 1. The molecule has 0 spiro atoms. The normalized spacial score (nSPS) is 18.1. The van der Waals surface area contributed by atoms with Crippen molar-refractivity contribution in [3.05, 3.63) is 28.2 Å². The number of carbonyl (C=O) groups is 1. The summed E-state index contributed by atoms with van der Waals surface area (Å²) in [7, 11) is 3.94. The highest BCUT2D eigenvalue weighted by atomic mass is 79.9. The van der Waals surface area contributed by atoms with Crippen molar-refractivity contribution in [1.29, 1.82) is 0 Å². The van der Waals surface area contributed by atoms with Gasteiger partial charge in [0, 0.05) is 18.6 Å². The number of halogens is 1. The molecule has 0 amide bonds. The zero-order chi connectivity index (χ0) is 14.0. The van der Waals surface area contributed by atoms with Gasteiger partial charge in [-0.1, -0.05) is 25.3 Å². The first-order chi connectivity index (χ1) is 8.97. The van der Waals surface area contributed by atoms with Gasteiger partial charge in [0.25, 0.3) is 0 Å². The second kappa shape index (κ2) is 5.53. The van der Waals surface area contributed by atoms with Gasteiger partial charge in [0.05, 0.1) is 11.1 Å². The van der Waals surface area contributed by atoms with E-state index in [1.165, 1.54) is 0 Å². The molecule has 0 atom stereocenters. The Balaban J connectivity index is 2.48. The highest BCUT2D eigenvalue weighted by Gasteiger charge is 2.41. The number of benzene rings is 1. The lowest BCUT2D eigenvalue weighted by molar-refractivity contribution is -0.145. The number of hydrogen-bond donors (Lipinski definition) is 1. The third-order valence-corrected chi connectivity index (χ3v) is 4.77. The molecule has 19 heavy (non-hydrogen) atoms. The summed E-state index contributed by atoms with van der Waals surface area (Å²) in [4.78, 5) is 13.8. The van der Waals surface area contributed by atoms with Gasteiger partial charge in [-0.3, -0.25) is 4.79 Å². The van der Waals surface area contributed by atoms with Crippen molar-refractivity contribution in [2.45, 2.75) is 37.5 Å². The van der Waals surface area contributed by atoms with Crippen molar-refractivity contribution in [3.8, 4) is 0 Å². The fourth-order valence-corrected chi connectivity index (χ4v) is 3.54. The summed E-state index contributed by atoms with van der Waals surface area (Å²) >= 11 is 3.52. The molecule has 0 aromatic heterocycles. The van der Waals surface area contributed by atoms with E-state index in [4.69, 9.17) is 0 Å². The molecule has 0 bridgehead atoms. The van der Waals surface area contributed by atoms with E-state index in [9.17, 15) is 9.90 Å². The molecule has 1 aliphatic rings. The molecule has 1 saturated carbocycles. The van der Waals surface area contributed by atoms with Gasteiger partial charge in [0.1, 0.15) is 0 Å². The SMILES string of the molecule is CN(C)c1cc(C2(C(=O)O)CCCCC2)ccc1Br. The first-order valence-corrected chi connectivity index (χ1v) is 7.47. The summed E-state index contributed by atoms with van der Waals surface area (Å²) in [6.07, 6.45) is 4.64. The second-order valence-electron chi connectivity index (χ2n) is 5.51. The van der Waals surface area contributed by atoms with Crippen LogP contribution in [0.25, 0.3) is 0 Å². The van der Waals surface area contributed by atoms with Crippen LogP contribution < -0.4 is 4.90 Å². The van der Waals surface area contributed by atoms with Crippen LogP contribution >= 0.6 is 15.9 Å². The highest BCUT2D eigenvalue weighted by Crippen LogP contribution is 2.41. The summed E-state index contributed by atoms with van der Waals surface area (Å²) in [5.74, 6) is -0.681. The number of rotatable bonds is 3. The van der Waals surface area contributed by atoms with Crippen LogP contribution in [-0.2, 0) is 10.2 Å². The zero-order valence-electron chi connectivity index (χ0n) is 11.4. The summed E-state index contributed by atoms with van der Waals surface area (Å²) in [6.45, 7) is 0. The maximum absolute atomic E-state index is 11.8. The van der Waals surface area contributed by atoms with Gasteiger partial charge in [-0.25, -0.2) is 0 Å². The van der Waals surface area contributed by atoms with Crippen LogP contribution in [0.5, 0.6) is 0 Å². The van der Waals surface area contributed by atoms with E-state index >= 15 is 0 Å². The first kappa shape index (κ1) is 14.4. The molecule has 0 saturated heterocycles. The average Bonchev–Trinajstić information content (AvgIpc) is 2.39. The fraction of sp³-hybridized carbons (Fsp3) is 0.533. The molecule has 1 aromatic carbocycles. The molecule has 1 aromatic rings. The Morgan fingerprint density at radius 3 is 2.42 bits per heavy atom. The lowest BCUT2D eigenvalue weighted by Crippen LogP contribution is -2.38. The van der Waals surface area contributed by atoms with Gasteiger partial charge in [-0.15, -0.1) is 0 Å². The van der Waals surface area contributed by atoms with Crippen molar-refractivity contribution >= 4 is 27.6 Å². The maximum atomic E-state index is 11.8. The molecule has 1 aliphatic carbocycles. The minimum absolute atomic E-state index is 0.681. The molecule has 1 N–H and O–H groups in total. The molecule has 2 rings (SSSR count). The second-order valence-corrected chi connectivity index (χ2v) is 6.36. The smallest absolute Gasteiger partial charge is 0.314 e. The minimum Gasteiger partial charge on any atom is -0.481 e. The topological polar surface area (TPSA) is 40.5 Å². The standard InChI is InChI=1S/C15H20BrNO2/c1-17(2)13-10-11(6-7-12(13)16)15(14(18)19)8-4-3-5-9-15/h6-7,10H,3-5,8-9H2,1-2H3,(H,18,19). The quantitative estimate of drug-likeness (QED) is 0.918. The fourth-order valence-electron chi connectivity index (χ4n) is 2.93.